The van der Waals surface area contributed by atoms with Crippen LogP contribution in [0.25, 0.3) is 0 Å². The minimum Gasteiger partial charge on any atom is -0.450 e. The largest absolute Gasteiger partial charge is 0.450 e. The van der Waals surface area contributed by atoms with E-state index in [9.17, 15) is 4.79 Å². The molecule has 3 rings (SSSR count). The fourth-order valence-corrected chi connectivity index (χ4v) is 3.08. The minimum atomic E-state index is -0.216. The number of pyridine rings is 1. The Morgan fingerprint density at radius 3 is 3.15 bits per heavy atom. The van der Waals surface area contributed by atoms with Gasteiger partial charge in [0.1, 0.15) is 5.69 Å². The zero-order chi connectivity index (χ0) is 14.2. The van der Waals surface area contributed by atoms with Crippen LogP contribution in [0.1, 0.15) is 26.0 Å². The zero-order valence-electron chi connectivity index (χ0n) is 11.8. The van der Waals surface area contributed by atoms with E-state index in [1.54, 1.807) is 6.20 Å². The summed E-state index contributed by atoms with van der Waals surface area (Å²) in [5.41, 5.74) is 0.735. The number of hydrogen-bond donors (Lipinski definition) is 0. The van der Waals surface area contributed by atoms with Crippen molar-refractivity contribution in [2.24, 2.45) is 11.3 Å². The van der Waals surface area contributed by atoms with Crippen LogP contribution >= 0.6 is 0 Å². The molecule has 1 aliphatic carbocycles. The van der Waals surface area contributed by atoms with Crippen LogP contribution in [-0.4, -0.2) is 35.2 Å². The van der Waals surface area contributed by atoms with E-state index in [1.807, 2.05) is 30.0 Å². The number of nitrogens with zero attached hydrogens (tertiary/aromatic N) is 2. The maximum absolute atomic E-state index is 11.9. The smallest absolute Gasteiger partial charge is 0.410 e. The van der Waals surface area contributed by atoms with Crippen molar-refractivity contribution < 1.29 is 9.53 Å². The molecule has 1 saturated heterocycles. The lowest BCUT2D eigenvalue weighted by Crippen LogP contribution is -2.39. The van der Waals surface area contributed by atoms with Gasteiger partial charge in [0.15, 0.2) is 0 Å². The highest BCUT2D eigenvalue weighted by molar-refractivity contribution is 5.69. The van der Waals surface area contributed by atoms with Crippen molar-refractivity contribution in [1.29, 1.82) is 0 Å². The first kappa shape index (κ1) is 13.0. The monoisotopic (exact) mass is 270 g/mol. The Morgan fingerprint density at radius 2 is 2.45 bits per heavy atom. The van der Waals surface area contributed by atoms with E-state index in [2.05, 4.69) is 23.7 Å². The van der Waals surface area contributed by atoms with E-state index in [-0.39, 0.29) is 17.6 Å². The first-order chi connectivity index (χ1) is 9.67. The molecule has 2 fully saturated rings. The second-order valence-corrected chi connectivity index (χ2v) is 5.43. The quantitative estimate of drug-likeness (QED) is 0.735. The average Bonchev–Trinajstić information content (AvgIpc) is 3.11. The topological polar surface area (TPSA) is 42.4 Å². The second-order valence-electron chi connectivity index (χ2n) is 5.43. The van der Waals surface area contributed by atoms with Crippen LogP contribution in [0, 0.1) is 23.2 Å². The summed E-state index contributed by atoms with van der Waals surface area (Å²) in [5.74, 6) is 7.00. The van der Waals surface area contributed by atoms with Crippen molar-refractivity contribution in [3.63, 3.8) is 0 Å². The molecule has 3 unspecified atom stereocenters. The Morgan fingerprint density at radius 1 is 1.60 bits per heavy atom. The van der Waals surface area contributed by atoms with Crippen LogP contribution < -0.4 is 0 Å². The molecular weight excluding hydrogens is 252 g/mol. The number of carbonyl (C=O) groups is 1. The van der Waals surface area contributed by atoms with Crippen LogP contribution in [0.2, 0.25) is 0 Å². The number of carbonyl (C=O) groups excluding carboxylic acids is 1. The van der Waals surface area contributed by atoms with Gasteiger partial charge in [-0.3, -0.25) is 0 Å². The maximum atomic E-state index is 11.9. The predicted molar refractivity (Wildman–Crippen MR) is 74.8 cm³/mol. The van der Waals surface area contributed by atoms with Crippen molar-refractivity contribution in [3.8, 4) is 11.8 Å². The third kappa shape index (κ3) is 2.03. The first-order valence-electron chi connectivity index (χ1n) is 7.05. The molecule has 3 atom stereocenters. The fraction of sp³-hybridized carbons (Fsp3) is 0.500. The maximum Gasteiger partial charge on any atom is 0.410 e. The molecule has 0 aromatic carbocycles. The summed E-state index contributed by atoms with van der Waals surface area (Å²) >= 11 is 0. The molecule has 0 N–H and O–H groups in total. The van der Waals surface area contributed by atoms with E-state index >= 15 is 0 Å². The summed E-state index contributed by atoms with van der Waals surface area (Å²) in [6.45, 7) is 5.07. The Labute approximate surface area is 119 Å². The average molecular weight is 270 g/mol. The Kier molecular flexibility index (Phi) is 3.13. The van der Waals surface area contributed by atoms with E-state index in [0.717, 1.165) is 18.7 Å². The molecule has 1 saturated carbocycles. The molecule has 1 amide bonds. The number of rotatable bonds is 1. The summed E-state index contributed by atoms with van der Waals surface area (Å²) in [4.78, 5) is 17.9. The van der Waals surface area contributed by atoms with Crippen LogP contribution in [0.3, 0.4) is 0 Å². The van der Waals surface area contributed by atoms with Gasteiger partial charge in [-0.2, -0.15) is 0 Å². The molecule has 1 aliphatic heterocycles. The summed E-state index contributed by atoms with van der Waals surface area (Å²) < 4.78 is 5.10. The molecule has 0 bridgehead atoms. The van der Waals surface area contributed by atoms with Gasteiger partial charge in [0.05, 0.1) is 12.0 Å². The number of fused-ring (bicyclic) bond motifs is 1. The van der Waals surface area contributed by atoms with E-state index < -0.39 is 0 Å². The molecule has 4 heteroatoms. The number of amides is 1. The highest BCUT2D eigenvalue weighted by atomic mass is 16.6. The number of piperidine rings is 1. The van der Waals surface area contributed by atoms with Gasteiger partial charge in [0.25, 0.3) is 0 Å². The van der Waals surface area contributed by atoms with E-state index in [4.69, 9.17) is 4.74 Å². The molecule has 2 aliphatic rings. The summed E-state index contributed by atoms with van der Waals surface area (Å²) in [6.07, 6.45) is 2.60. The zero-order valence-corrected chi connectivity index (χ0v) is 11.8. The number of ether oxygens (including phenoxy) is 1. The molecule has 0 radical (unpaired) electrons. The molecule has 1 aromatic rings. The lowest BCUT2D eigenvalue weighted by atomic mass is 9.98. The van der Waals surface area contributed by atoms with Gasteiger partial charge < -0.3 is 9.64 Å². The highest BCUT2D eigenvalue weighted by Crippen LogP contribution is 2.61. The summed E-state index contributed by atoms with van der Waals surface area (Å²) in [6, 6.07) is 5.83. The summed E-state index contributed by atoms with van der Waals surface area (Å²) in [7, 11) is 0. The van der Waals surface area contributed by atoms with Gasteiger partial charge in [-0.15, -0.1) is 0 Å². The van der Waals surface area contributed by atoms with Crippen molar-refractivity contribution in [2.75, 3.05) is 13.2 Å². The van der Waals surface area contributed by atoms with Crippen LogP contribution in [-0.2, 0) is 4.74 Å². The SMILES string of the molecule is CCOC(=O)N1CC2CC2(C#Cc2ccccn2)C1C. The van der Waals surface area contributed by atoms with Gasteiger partial charge >= 0.3 is 6.09 Å². The lowest BCUT2D eigenvalue weighted by Gasteiger charge is -2.25. The third-order valence-corrected chi connectivity index (χ3v) is 4.37. The Bertz CT molecular complexity index is 575. The molecule has 20 heavy (non-hydrogen) atoms. The predicted octanol–water partition coefficient (Wildman–Crippen LogP) is 2.30. The number of likely N-dealkylation sites (tertiary alicyclic amines) is 1. The normalized spacial score (nSPS) is 30.2. The van der Waals surface area contributed by atoms with Gasteiger partial charge in [-0.25, -0.2) is 9.78 Å². The molecular formula is C16H18N2O2. The molecule has 0 spiro atoms. The van der Waals surface area contributed by atoms with Crippen molar-refractivity contribution in [1.82, 2.24) is 9.88 Å². The third-order valence-electron chi connectivity index (χ3n) is 4.37. The van der Waals surface area contributed by atoms with Gasteiger partial charge in [0, 0.05) is 18.8 Å². The standard InChI is InChI=1S/C16H18N2O2/c1-3-20-15(19)18-11-13-10-16(13,12(18)2)8-7-14-6-4-5-9-17-14/h4-6,9,12-13H,3,10-11H2,1-2H3. The first-order valence-corrected chi connectivity index (χ1v) is 7.05. The number of aromatic nitrogens is 1. The van der Waals surface area contributed by atoms with Crippen molar-refractivity contribution in [3.05, 3.63) is 30.1 Å². The molecule has 4 nitrogen and oxygen atoms in total. The fourth-order valence-electron chi connectivity index (χ4n) is 3.08. The van der Waals surface area contributed by atoms with Gasteiger partial charge in [-0.1, -0.05) is 12.0 Å². The van der Waals surface area contributed by atoms with Crippen molar-refractivity contribution >= 4 is 6.09 Å². The van der Waals surface area contributed by atoms with E-state index in [0.29, 0.717) is 12.5 Å². The molecule has 2 heterocycles. The Hall–Kier alpha value is -2.02. The van der Waals surface area contributed by atoms with Gasteiger partial charge in [0.2, 0.25) is 0 Å². The second kappa shape index (κ2) is 4.82. The number of hydrogen-bond acceptors (Lipinski definition) is 3. The lowest BCUT2D eigenvalue weighted by molar-refractivity contribution is 0.0964. The van der Waals surface area contributed by atoms with Crippen molar-refractivity contribution in [2.45, 2.75) is 26.3 Å². The van der Waals surface area contributed by atoms with Gasteiger partial charge in [-0.05, 0) is 44.2 Å². The summed E-state index contributed by atoms with van der Waals surface area (Å²) in [5, 5.41) is 0. The molecule has 104 valence electrons. The molecule has 1 aromatic heterocycles. The van der Waals surface area contributed by atoms with Crippen LogP contribution in [0.4, 0.5) is 4.79 Å². The van der Waals surface area contributed by atoms with Crippen LogP contribution in [0.5, 0.6) is 0 Å². The minimum absolute atomic E-state index is 0.0513. The van der Waals surface area contributed by atoms with Crippen LogP contribution in [0.15, 0.2) is 24.4 Å². The highest BCUT2D eigenvalue weighted by Gasteiger charge is 2.65. The van der Waals surface area contributed by atoms with E-state index in [1.165, 1.54) is 0 Å². The Balaban J connectivity index is 1.76.